The minimum atomic E-state index is -2.30. The molecular weight excluding hydrogens is 184 g/mol. The molecule has 2 N–H and O–H groups in total. The van der Waals surface area contributed by atoms with Crippen molar-refractivity contribution < 1.29 is 8.78 Å². The van der Waals surface area contributed by atoms with Gasteiger partial charge in [-0.15, -0.1) is 0 Å². The third kappa shape index (κ3) is 3.42. The molecule has 0 aromatic heterocycles. The molecular formula is C11H15F2N. The van der Waals surface area contributed by atoms with E-state index in [4.69, 9.17) is 5.73 Å². The highest BCUT2D eigenvalue weighted by Gasteiger charge is 2.17. The summed E-state index contributed by atoms with van der Waals surface area (Å²) >= 11 is 0. The Balaban J connectivity index is 2.40. The van der Waals surface area contributed by atoms with Gasteiger partial charge in [-0.1, -0.05) is 30.3 Å². The minimum Gasteiger partial charge on any atom is -0.330 e. The van der Waals surface area contributed by atoms with Crippen LogP contribution in [0.25, 0.3) is 0 Å². The Morgan fingerprint density at radius 3 is 2.29 bits per heavy atom. The number of rotatable bonds is 5. The van der Waals surface area contributed by atoms with Crippen molar-refractivity contribution in [3.63, 3.8) is 0 Å². The lowest BCUT2D eigenvalue weighted by molar-refractivity contribution is 0.0769. The van der Waals surface area contributed by atoms with Crippen molar-refractivity contribution in [3.05, 3.63) is 35.9 Å². The third-order valence-electron chi connectivity index (χ3n) is 2.31. The highest BCUT2D eigenvalue weighted by molar-refractivity contribution is 5.14. The van der Waals surface area contributed by atoms with Crippen LogP contribution in [0.2, 0.25) is 0 Å². The Kier molecular flexibility index (Phi) is 4.53. The van der Waals surface area contributed by atoms with Crippen molar-refractivity contribution in [2.45, 2.75) is 19.3 Å². The summed E-state index contributed by atoms with van der Waals surface area (Å²) in [6.45, 7) is 0.0600. The molecule has 1 unspecified atom stereocenters. The van der Waals surface area contributed by atoms with E-state index >= 15 is 0 Å². The van der Waals surface area contributed by atoms with E-state index in [1.807, 2.05) is 30.3 Å². The van der Waals surface area contributed by atoms with Gasteiger partial charge in [-0.3, -0.25) is 0 Å². The van der Waals surface area contributed by atoms with E-state index in [0.29, 0.717) is 12.8 Å². The van der Waals surface area contributed by atoms with Crippen molar-refractivity contribution in [1.29, 1.82) is 0 Å². The molecule has 0 fully saturated rings. The summed E-state index contributed by atoms with van der Waals surface area (Å²) < 4.78 is 24.6. The summed E-state index contributed by atoms with van der Waals surface area (Å²) in [5.41, 5.74) is 6.35. The van der Waals surface area contributed by atoms with Gasteiger partial charge in [0, 0.05) is 12.5 Å². The molecule has 1 rings (SSSR count). The van der Waals surface area contributed by atoms with E-state index in [9.17, 15) is 8.78 Å². The van der Waals surface area contributed by atoms with Gasteiger partial charge < -0.3 is 5.73 Å². The van der Waals surface area contributed by atoms with Gasteiger partial charge in [0.1, 0.15) is 0 Å². The molecule has 1 aromatic rings. The van der Waals surface area contributed by atoms with Crippen LogP contribution in [0.5, 0.6) is 0 Å². The Hall–Kier alpha value is -0.960. The molecule has 1 aromatic carbocycles. The zero-order valence-electron chi connectivity index (χ0n) is 8.00. The Morgan fingerprint density at radius 1 is 1.14 bits per heavy atom. The fourth-order valence-corrected chi connectivity index (χ4v) is 1.34. The highest BCUT2D eigenvalue weighted by atomic mass is 19.3. The first-order valence-corrected chi connectivity index (χ1v) is 4.76. The molecule has 3 heteroatoms. The maximum atomic E-state index is 12.3. The summed E-state index contributed by atoms with van der Waals surface area (Å²) in [5, 5.41) is 0. The number of halogens is 2. The van der Waals surface area contributed by atoms with Crippen LogP contribution in [0.4, 0.5) is 8.78 Å². The number of hydrogen-bond acceptors (Lipinski definition) is 1. The molecule has 0 saturated carbocycles. The molecule has 1 nitrogen and oxygen atoms in total. The molecule has 78 valence electrons. The maximum Gasteiger partial charge on any atom is 0.242 e. The Labute approximate surface area is 82.9 Å². The third-order valence-corrected chi connectivity index (χ3v) is 2.31. The Bertz CT molecular complexity index is 249. The Morgan fingerprint density at radius 2 is 1.79 bits per heavy atom. The molecule has 14 heavy (non-hydrogen) atoms. The van der Waals surface area contributed by atoms with Crippen molar-refractivity contribution >= 4 is 0 Å². The molecule has 0 aliphatic rings. The predicted octanol–water partition coefficient (Wildman–Crippen LogP) is 2.46. The van der Waals surface area contributed by atoms with Gasteiger partial charge in [-0.25, -0.2) is 8.78 Å². The SMILES string of the molecule is NCC(CCc1ccccc1)C(F)F. The fourth-order valence-electron chi connectivity index (χ4n) is 1.34. The van der Waals surface area contributed by atoms with Gasteiger partial charge in [0.15, 0.2) is 0 Å². The summed E-state index contributed by atoms with van der Waals surface area (Å²) in [5.74, 6) is -0.671. The van der Waals surface area contributed by atoms with Crippen molar-refractivity contribution in [2.75, 3.05) is 6.54 Å². The van der Waals surface area contributed by atoms with Crippen molar-refractivity contribution in [1.82, 2.24) is 0 Å². The average molecular weight is 199 g/mol. The van der Waals surface area contributed by atoms with Gasteiger partial charge >= 0.3 is 0 Å². The van der Waals surface area contributed by atoms with Gasteiger partial charge in [0.2, 0.25) is 6.43 Å². The average Bonchev–Trinajstić information content (AvgIpc) is 2.20. The van der Waals surface area contributed by atoms with Crippen LogP contribution in [-0.4, -0.2) is 13.0 Å². The standard InChI is InChI=1S/C11H15F2N/c12-11(13)10(8-14)7-6-9-4-2-1-3-5-9/h1-5,10-11H,6-8,14H2. The molecule has 0 heterocycles. The molecule has 0 aliphatic carbocycles. The van der Waals surface area contributed by atoms with Gasteiger partial charge in [-0.05, 0) is 18.4 Å². The number of alkyl halides is 2. The largest absolute Gasteiger partial charge is 0.330 e. The van der Waals surface area contributed by atoms with E-state index in [1.54, 1.807) is 0 Å². The second-order valence-electron chi connectivity index (χ2n) is 3.35. The van der Waals surface area contributed by atoms with Crippen LogP contribution in [-0.2, 0) is 6.42 Å². The first-order chi connectivity index (χ1) is 6.74. The first kappa shape index (κ1) is 11.1. The molecule has 0 spiro atoms. The zero-order chi connectivity index (χ0) is 10.4. The van der Waals surface area contributed by atoms with Crippen molar-refractivity contribution in [3.8, 4) is 0 Å². The second kappa shape index (κ2) is 5.70. The topological polar surface area (TPSA) is 26.0 Å². The highest BCUT2D eigenvalue weighted by Crippen LogP contribution is 2.15. The fraction of sp³-hybridized carbons (Fsp3) is 0.455. The summed E-state index contributed by atoms with van der Waals surface area (Å²) in [4.78, 5) is 0. The quantitative estimate of drug-likeness (QED) is 0.774. The predicted molar refractivity (Wildman–Crippen MR) is 53.3 cm³/mol. The zero-order valence-corrected chi connectivity index (χ0v) is 8.00. The van der Waals surface area contributed by atoms with Crippen LogP contribution in [0.15, 0.2) is 30.3 Å². The first-order valence-electron chi connectivity index (χ1n) is 4.76. The number of benzene rings is 1. The van der Waals surface area contributed by atoms with E-state index in [0.717, 1.165) is 5.56 Å². The summed E-state index contributed by atoms with van der Waals surface area (Å²) in [6.07, 6.45) is -1.17. The monoisotopic (exact) mass is 199 g/mol. The van der Waals surface area contributed by atoms with Crippen LogP contribution in [0, 0.1) is 5.92 Å². The number of aryl methyl sites for hydroxylation is 1. The van der Waals surface area contributed by atoms with E-state index in [-0.39, 0.29) is 6.54 Å². The van der Waals surface area contributed by atoms with E-state index in [2.05, 4.69) is 0 Å². The maximum absolute atomic E-state index is 12.3. The summed E-state index contributed by atoms with van der Waals surface area (Å²) in [6, 6.07) is 9.62. The normalized spacial score (nSPS) is 13.1. The molecule has 0 saturated heterocycles. The van der Waals surface area contributed by atoms with Crippen molar-refractivity contribution in [2.24, 2.45) is 11.7 Å². The molecule has 0 amide bonds. The molecule has 0 radical (unpaired) electrons. The lowest BCUT2D eigenvalue weighted by Gasteiger charge is -2.12. The number of hydrogen-bond donors (Lipinski definition) is 1. The summed E-state index contributed by atoms with van der Waals surface area (Å²) in [7, 11) is 0. The van der Waals surface area contributed by atoms with E-state index < -0.39 is 12.3 Å². The lowest BCUT2D eigenvalue weighted by atomic mass is 10.00. The van der Waals surface area contributed by atoms with Gasteiger partial charge in [0.05, 0.1) is 0 Å². The second-order valence-corrected chi connectivity index (χ2v) is 3.35. The van der Waals surface area contributed by atoms with Crippen LogP contribution in [0.3, 0.4) is 0 Å². The van der Waals surface area contributed by atoms with Gasteiger partial charge in [-0.2, -0.15) is 0 Å². The minimum absolute atomic E-state index is 0.0600. The molecule has 0 bridgehead atoms. The molecule has 1 atom stereocenters. The van der Waals surface area contributed by atoms with Crippen LogP contribution < -0.4 is 5.73 Å². The van der Waals surface area contributed by atoms with E-state index in [1.165, 1.54) is 0 Å². The van der Waals surface area contributed by atoms with Gasteiger partial charge in [0.25, 0.3) is 0 Å². The lowest BCUT2D eigenvalue weighted by Crippen LogP contribution is -2.22. The van der Waals surface area contributed by atoms with Crippen LogP contribution in [0.1, 0.15) is 12.0 Å². The van der Waals surface area contributed by atoms with Crippen LogP contribution >= 0.6 is 0 Å². The number of nitrogens with two attached hydrogens (primary N) is 1. The smallest absolute Gasteiger partial charge is 0.242 e. The molecule has 0 aliphatic heterocycles.